The lowest BCUT2D eigenvalue weighted by molar-refractivity contribution is -0.146. The predicted molar refractivity (Wildman–Crippen MR) is 74.6 cm³/mol. The molecular weight excluding hydrogens is 272 g/mol. The number of hydrogen-bond acceptors (Lipinski definition) is 4. The van der Waals surface area contributed by atoms with Crippen molar-refractivity contribution in [3.05, 3.63) is 24.3 Å². The standard InChI is InChI=1S/C16H16O5/c1-2-20-13-7-9-14(10-8-13)21-16(19)12-5-3-11(4-6-12)15(17)18/h1,7-12H,3-6H2,(H,17,18). The molecule has 1 aliphatic carbocycles. The van der Waals surface area contributed by atoms with E-state index in [2.05, 4.69) is 6.11 Å². The second-order valence-corrected chi connectivity index (χ2v) is 5.00. The lowest BCUT2D eigenvalue weighted by Gasteiger charge is -2.24. The van der Waals surface area contributed by atoms with Gasteiger partial charge in [-0.25, -0.2) is 0 Å². The van der Waals surface area contributed by atoms with Crippen LogP contribution in [0.5, 0.6) is 11.5 Å². The van der Waals surface area contributed by atoms with E-state index >= 15 is 0 Å². The van der Waals surface area contributed by atoms with Crippen molar-refractivity contribution < 1.29 is 24.2 Å². The molecule has 0 amide bonds. The number of terminal acetylenes is 1. The smallest absolute Gasteiger partial charge is 0.314 e. The van der Waals surface area contributed by atoms with Crippen LogP contribution in [0, 0.1) is 24.4 Å². The van der Waals surface area contributed by atoms with Crippen molar-refractivity contribution in [2.75, 3.05) is 0 Å². The van der Waals surface area contributed by atoms with Gasteiger partial charge in [-0.1, -0.05) is 6.42 Å². The number of carboxylic acid groups (broad SMARTS) is 1. The maximum Gasteiger partial charge on any atom is 0.314 e. The van der Waals surface area contributed by atoms with Crippen molar-refractivity contribution in [3.63, 3.8) is 0 Å². The van der Waals surface area contributed by atoms with Gasteiger partial charge < -0.3 is 14.6 Å². The molecule has 1 aliphatic rings. The van der Waals surface area contributed by atoms with Crippen molar-refractivity contribution in [2.24, 2.45) is 11.8 Å². The average Bonchev–Trinajstić information content (AvgIpc) is 2.49. The molecule has 2 rings (SSSR count). The summed E-state index contributed by atoms with van der Waals surface area (Å²) in [5.74, 6) is -0.754. The quantitative estimate of drug-likeness (QED) is 0.523. The van der Waals surface area contributed by atoms with E-state index in [-0.39, 0.29) is 17.8 Å². The van der Waals surface area contributed by atoms with Gasteiger partial charge >= 0.3 is 11.9 Å². The van der Waals surface area contributed by atoms with Gasteiger partial charge in [-0.15, -0.1) is 0 Å². The number of carboxylic acids is 1. The fourth-order valence-corrected chi connectivity index (χ4v) is 2.42. The van der Waals surface area contributed by atoms with Crippen LogP contribution in [0.2, 0.25) is 0 Å². The van der Waals surface area contributed by atoms with E-state index in [9.17, 15) is 9.59 Å². The monoisotopic (exact) mass is 288 g/mol. The Bertz CT molecular complexity index is 547. The maximum absolute atomic E-state index is 12.0. The summed E-state index contributed by atoms with van der Waals surface area (Å²) in [6, 6.07) is 6.44. The van der Waals surface area contributed by atoms with Crippen LogP contribution in [0.3, 0.4) is 0 Å². The van der Waals surface area contributed by atoms with Crippen LogP contribution in [0.4, 0.5) is 0 Å². The number of ether oxygens (including phenoxy) is 2. The topological polar surface area (TPSA) is 72.8 Å². The summed E-state index contributed by atoms with van der Waals surface area (Å²) >= 11 is 0. The zero-order chi connectivity index (χ0) is 15.2. The van der Waals surface area contributed by atoms with Gasteiger partial charge in [0.2, 0.25) is 0 Å². The molecule has 1 saturated carbocycles. The van der Waals surface area contributed by atoms with Crippen LogP contribution in [-0.2, 0) is 9.59 Å². The number of benzene rings is 1. The van der Waals surface area contributed by atoms with Gasteiger partial charge in [-0.2, -0.15) is 0 Å². The lowest BCUT2D eigenvalue weighted by atomic mass is 9.82. The molecule has 1 aromatic carbocycles. The minimum atomic E-state index is -0.786. The number of carbonyl (C=O) groups is 2. The molecule has 1 fully saturated rings. The van der Waals surface area contributed by atoms with Crippen LogP contribution >= 0.6 is 0 Å². The third-order valence-corrected chi connectivity index (χ3v) is 3.63. The highest BCUT2D eigenvalue weighted by Crippen LogP contribution is 2.30. The van der Waals surface area contributed by atoms with Crippen molar-refractivity contribution in [3.8, 4) is 24.0 Å². The van der Waals surface area contributed by atoms with Gasteiger partial charge in [-0.3, -0.25) is 9.59 Å². The van der Waals surface area contributed by atoms with Gasteiger partial charge in [-0.05, 0) is 49.9 Å². The molecule has 0 aliphatic heterocycles. The van der Waals surface area contributed by atoms with Gasteiger partial charge in [0.1, 0.15) is 17.6 Å². The first kappa shape index (κ1) is 14.9. The molecule has 0 atom stereocenters. The molecule has 0 radical (unpaired) electrons. The second kappa shape index (κ2) is 6.80. The van der Waals surface area contributed by atoms with E-state index in [1.54, 1.807) is 24.3 Å². The molecular formula is C16H16O5. The van der Waals surface area contributed by atoms with Crippen LogP contribution in [0.15, 0.2) is 24.3 Å². The molecule has 0 aromatic heterocycles. The van der Waals surface area contributed by atoms with Crippen LogP contribution < -0.4 is 9.47 Å². The van der Waals surface area contributed by atoms with E-state index in [0.29, 0.717) is 37.2 Å². The number of carbonyl (C=O) groups excluding carboxylic acids is 1. The Morgan fingerprint density at radius 1 is 1.05 bits per heavy atom. The summed E-state index contributed by atoms with van der Waals surface area (Å²) in [6.07, 6.45) is 9.20. The third-order valence-electron chi connectivity index (χ3n) is 3.63. The molecule has 0 spiro atoms. The Morgan fingerprint density at radius 2 is 1.57 bits per heavy atom. The highest BCUT2D eigenvalue weighted by molar-refractivity contribution is 5.76. The normalized spacial score (nSPS) is 21.1. The zero-order valence-corrected chi connectivity index (χ0v) is 11.5. The number of hydrogen-bond donors (Lipinski definition) is 1. The first-order chi connectivity index (χ1) is 10.1. The Morgan fingerprint density at radius 3 is 2.10 bits per heavy atom. The molecule has 5 nitrogen and oxygen atoms in total. The molecule has 5 heteroatoms. The van der Waals surface area contributed by atoms with Gasteiger partial charge in [0.25, 0.3) is 0 Å². The largest absolute Gasteiger partial charge is 0.481 e. The van der Waals surface area contributed by atoms with E-state index in [1.165, 1.54) is 0 Å². The molecule has 110 valence electrons. The maximum atomic E-state index is 12.0. The summed E-state index contributed by atoms with van der Waals surface area (Å²) in [5.41, 5.74) is 0. The van der Waals surface area contributed by atoms with Crippen molar-refractivity contribution in [1.29, 1.82) is 0 Å². The van der Waals surface area contributed by atoms with Crippen molar-refractivity contribution in [1.82, 2.24) is 0 Å². The minimum Gasteiger partial charge on any atom is -0.481 e. The van der Waals surface area contributed by atoms with E-state index < -0.39 is 5.97 Å². The first-order valence-corrected chi connectivity index (χ1v) is 6.77. The Hall–Kier alpha value is -2.48. The van der Waals surface area contributed by atoms with Crippen molar-refractivity contribution in [2.45, 2.75) is 25.7 Å². The third kappa shape index (κ3) is 3.99. The van der Waals surface area contributed by atoms with E-state index in [0.717, 1.165) is 0 Å². The Kier molecular flexibility index (Phi) is 4.83. The molecule has 0 heterocycles. The minimum absolute atomic E-state index is 0.234. The lowest BCUT2D eigenvalue weighted by Crippen LogP contribution is -2.28. The zero-order valence-electron chi connectivity index (χ0n) is 11.5. The molecule has 1 N–H and O–H groups in total. The number of rotatable bonds is 4. The van der Waals surface area contributed by atoms with Crippen molar-refractivity contribution >= 4 is 11.9 Å². The first-order valence-electron chi connectivity index (χ1n) is 6.77. The van der Waals surface area contributed by atoms with E-state index in [1.807, 2.05) is 0 Å². The SMILES string of the molecule is C#COc1ccc(OC(=O)C2CCC(C(=O)O)CC2)cc1. The Balaban J connectivity index is 1.87. The fourth-order valence-electron chi connectivity index (χ4n) is 2.42. The summed E-state index contributed by atoms with van der Waals surface area (Å²) in [4.78, 5) is 22.9. The molecule has 1 aromatic rings. The predicted octanol–water partition coefficient (Wildman–Crippen LogP) is 2.45. The molecule has 0 bridgehead atoms. The number of esters is 1. The summed E-state index contributed by atoms with van der Waals surface area (Å²) in [5, 5.41) is 8.93. The Labute approximate surface area is 122 Å². The van der Waals surface area contributed by atoms with Gasteiger partial charge in [0.05, 0.1) is 11.8 Å². The highest BCUT2D eigenvalue weighted by atomic mass is 16.5. The van der Waals surface area contributed by atoms with E-state index in [4.69, 9.17) is 21.0 Å². The fraction of sp³-hybridized carbons (Fsp3) is 0.375. The summed E-state index contributed by atoms with van der Waals surface area (Å²) < 4.78 is 10.1. The van der Waals surface area contributed by atoms with Crippen LogP contribution in [-0.4, -0.2) is 17.0 Å². The van der Waals surface area contributed by atoms with Gasteiger partial charge in [0.15, 0.2) is 0 Å². The average molecular weight is 288 g/mol. The molecule has 0 unspecified atom stereocenters. The molecule has 21 heavy (non-hydrogen) atoms. The molecule has 0 saturated heterocycles. The summed E-state index contributed by atoms with van der Waals surface area (Å²) in [6.45, 7) is 0. The summed E-state index contributed by atoms with van der Waals surface area (Å²) in [7, 11) is 0. The van der Waals surface area contributed by atoms with Crippen LogP contribution in [0.25, 0.3) is 0 Å². The second-order valence-electron chi connectivity index (χ2n) is 5.00. The van der Waals surface area contributed by atoms with Crippen LogP contribution in [0.1, 0.15) is 25.7 Å². The number of aliphatic carboxylic acids is 1. The van der Waals surface area contributed by atoms with Gasteiger partial charge in [0, 0.05) is 0 Å². The highest BCUT2D eigenvalue weighted by Gasteiger charge is 2.30.